The molecule has 0 N–H and O–H groups in total. The van der Waals surface area contributed by atoms with E-state index in [1.807, 2.05) is 47.4 Å². The Hall–Kier alpha value is -3.55. The number of hydrogen-bond acceptors (Lipinski definition) is 7. The minimum Gasteiger partial charge on any atom is -0.497 e. The Morgan fingerprint density at radius 1 is 1.06 bits per heavy atom. The van der Waals surface area contributed by atoms with Crippen molar-refractivity contribution in [1.82, 2.24) is 15.0 Å². The number of methoxy groups -OCH3 is 3. The Balaban J connectivity index is 1.42. The summed E-state index contributed by atoms with van der Waals surface area (Å²) in [4.78, 5) is 19.4. The second kappa shape index (κ2) is 9.72. The molecule has 1 fully saturated rings. The first-order chi connectivity index (χ1) is 15.6. The van der Waals surface area contributed by atoms with Crippen LogP contribution in [0.4, 0.5) is 0 Å². The van der Waals surface area contributed by atoms with Crippen molar-refractivity contribution >= 4 is 5.91 Å². The third kappa shape index (κ3) is 4.54. The van der Waals surface area contributed by atoms with Crippen molar-refractivity contribution in [3.63, 3.8) is 0 Å². The van der Waals surface area contributed by atoms with Gasteiger partial charge < -0.3 is 23.6 Å². The lowest BCUT2D eigenvalue weighted by Crippen LogP contribution is -2.31. The summed E-state index contributed by atoms with van der Waals surface area (Å²) in [7, 11) is 4.89. The zero-order chi connectivity index (χ0) is 22.5. The highest BCUT2D eigenvalue weighted by atomic mass is 16.5. The number of amides is 1. The number of likely N-dealkylation sites (tertiary alicyclic amines) is 1. The van der Waals surface area contributed by atoms with Crippen LogP contribution in [0.3, 0.4) is 0 Å². The van der Waals surface area contributed by atoms with Gasteiger partial charge in [-0.3, -0.25) is 4.79 Å². The van der Waals surface area contributed by atoms with E-state index in [4.69, 9.17) is 18.7 Å². The highest BCUT2D eigenvalue weighted by Crippen LogP contribution is 2.39. The monoisotopic (exact) mass is 437 g/mol. The van der Waals surface area contributed by atoms with Gasteiger partial charge in [0.2, 0.25) is 17.6 Å². The second-order valence-electron chi connectivity index (χ2n) is 7.59. The minimum atomic E-state index is -0.0369. The first kappa shape index (κ1) is 21.7. The number of nitrogens with zero attached hydrogens (tertiary/aromatic N) is 3. The zero-order valence-electron chi connectivity index (χ0n) is 18.5. The Morgan fingerprint density at radius 3 is 2.53 bits per heavy atom. The first-order valence-corrected chi connectivity index (χ1v) is 10.6. The maximum atomic E-state index is 13.1. The minimum absolute atomic E-state index is 0.0369. The number of carbonyl (C=O) groups is 1. The van der Waals surface area contributed by atoms with Gasteiger partial charge in [-0.1, -0.05) is 5.16 Å². The van der Waals surface area contributed by atoms with Crippen molar-refractivity contribution in [2.75, 3.05) is 27.9 Å². The van der Waals surface area contributed by atoms with E-state index in [1.165, 1.54) is 0 Å². The molecule has 0 radical (unpaired) electrons. The molecule has 2 heterocycles. The highest BCUT2D eigenvalue weighted by Gasteiger charge is 2.32. The molecule has 0 bridgehead atoms. The summed E-state index contributed by atoms with van der Waals surface area (Å²) in [5, 5.41) is 4.04. The van der Waals surface area contributed by atoms with E-state index in [9.17, 15) is 4.79 Å². The third-order valence-corrected chi connectivity index (χ3v) is 5.74. The molecule has 8 nitrogen and oxygen atoms in total. The van der Waals surface area contributed by atoms with Crippen LogP contribution in [0, 0.1) is 0 Å². The summed E-state index contributed by atoms with van der Waals surface area (Å²) < 4.78 is 21.5. The molecule has 1 unspecified atom stereocenters. The molecule has 4 rings (SSSR count). The summed E-state index contributed by atoms with van der Waals surface area (Å²) >= 11 is 0. The molecule has 8 heteroatoms. The Bertz CT molecular complexity index is 1060. The molecule has 1 aromatic heterocycles. The lowest BCUT2D eigenvalue weighted by Gasteiger charge is -2.26. The SMILES string of the molecule is COc1ccc(-c2noc(CCC(=O)N3CCCC3c3cc(OC)ccc3OC)n2)cc1. The topological polar surface area (TPSA) is 86.9 Å². The van der Waals surface area contributed by atoms with E-state index in [2.05, 4.69) is 10.1 Å². The largest absolute Gasteiger partial charge is 0.497 e. The summed E-state index contributed by atoms with van der Waals surface area (Å²) in [6.45, 7) is 0.713. The molecule has 1 aliphatic rings. The van der Waals surface area contributed by atoms with Crippen molar-refractivity contribution in [2.24, 2.45) is 0 Å². The van der Waals surface area contributed by atoms with Crippen molar-refractivity contribution in [3.05, 3.63) is 53.9 Å². The van der Waals surface area contributed by atoms with Gasteiger partial charge in [-0.25, -0.2) is 0 Å². The number of ether oxygens (including phenoxy) is 3. The van der Waals surface area contributed by atoms with Gasteiger partial charge in [0.15, 0.2) is 0 Å². The number of aryl methyl sites for hydroxylation is 1. The lowest BCUT2D eigenvalue weighted by molar-refractivity contribution is -0.132. The molecule has 168 valence electrons. The van der Waals surface area contributed by atoms with Crippen LogP contribution in [0.5, 0.6) is 17.2 Å². The summed E-state index contributed by atoms with van der Waals surface area (Å²) in [6.07, 6.45) is 2.52. The normalized spacial score (nSPS) is 15.6. The van der Waals surface area contributed by atoms with Gasteiger partial charge in [0.05, 0.1) is 27.4 Å². The molecule has 0 spiro atoms. The van der Waals surface area contributed by atoms with Crippen molar-refractivity contribution < 1.29 is 23.5 Å². The van der Waals surface area contributed by atoms with Crippen LogP contribution in [0.1, 0.15) is 36.8 Å². The second-order valence-corrected chi connectivity index (χ2v) is 7.59. The molecule has 32 heavy (non-hydrogen) atoms. The van der Waals surface area contributed by atoms with E-state index in [0.717, 1.165) is 41.2 Å². The fourth-order valence-corrected chi connectivity index (χ4v) is 4.06. The maximum absolute atomic E-state index is 13.1. The Kier molecular flexibility index (Phi) is 6.58. The van der Waals surface area contributed by atoms with E-state index in [1.54, 1.807) is 21.3 Å². The van der Waals surface area contributed by atoms with Crippen molar-refractivity contribution in [3.8, 4) is 28.6 Å². The van der Waals surface area contributed by atoms with Crippen LogP contribution < -0.4 is 14.2 Å². The predicted octanol–water partition coefficient (Wildman–Crippen LogP) is 4.06. The molecule has 2 aromatic carbocycles. The van der Waals surface area contributed by atoms with Crippen LogP contribution in [0.15, 0.2) is 47.0 Å². The predicted molar refractivity (Wildman–Crippen MR) is 118 cm³/mol. The molecule has 1 aliphatic heterocycles. The van der Waals surface area contributed by atoms with E-state index >= 15 is 0 Å². The molecule has 0 aliphatic carbocycles. The standard InChI is InChI=1S/C24H27N3O5/c1-29-17-8-6-16(7-9-17)24-25-22(32-26-24)12-13-23(28)27-14-4-5-20(27)19-15-18(30-2)10-11-21(19)31-3/h6-11,15,20H,4-5,12-14H2,1-3H3. The fourth-order valence-electron chi connectivity index (χ4n) is 4.06. The molecular formula is C24H27N3O5. The van der Waals surface area contributed by atoms with Crippen LogP contribution in [-0.2, 0) is 11.2 Å². The highest BCUT2D eigenvalue weighted by molar-refractivity contribution is 5.77. The van der Waals surface area contributed by atoms with E-state index in [-0.39, 0.29) is 11.9 Å². The summed E-state index contributed by atoms with van der Waals surface area (Å²) in [6, 6.07) is 13.1. The van der Waals surface area contributed by atoms with Crippen molar-refractivity contribution in [2.45, 2.75) is 31.7 Å². The Morgan fingerprint density at radius 2 is 1.81 bits per heavy atom. The van der Waals surface area contributed by atoms with Gasteiger partial charge in [-0.2, -0.15) is 4.98 Å². The maximum Gasteiger partial charge on any atom is 0.227 e. The molecular weight excluding hydrogens is 410 g/mol. The average molecular weight is 437 g/mol. The molecule has 3 aromatic rings. The van der Waals surface area contributed by atoms with E-state index < -0.39 is 0 Å². The number of aromatic nitrogens is 2. The molecule has 1 amide bonds. The van der Waals surface area contributed by atoms with E-state index in [0.29, 0.717) is 31.1 Å². The fraction of sp³-hybridized carbons (Fsp3) is 0.375. The van der Waals surface area contributed by atoms with Crippen LogP contribution in [0.2, 0.25) is 0 Å². The zero-order valence-corrected chi connectivity index (χ0v) is 18.5. The third-order valence-electron chi connectivity index (χ3n) is 5.74. The first-order valence-electron chi connectivity index (χ1n) is 10.6. The smallest absolute Gasteiger partial charge is 0.227 e. The quantitative estimate of drug-likeness (QED) is 0.525. The molecule has 1 saturated heterocycles. The van der Waals surface area contributed by atoms with Crippen molar-refractivity contribution in [1.29, 1.82) is 0 Å². The summed E-state index contributed by atoms with van der Waals surface area (Å²) in [5.41, 5.74) is 1.80. The van der Waals surface area contributed by atoms with Gasteiger partial charge in [-0.05, 0) is 55.3 Å². The Labute approximate surface area is 187 Å². The molecule has 0 saturated carbocycles. The van der Waals surface area contributed by atoms with Gasteiger partial charge in [0, 0.05) is 30.5 Å². The number of benzene rings is 2. The van der Waals surface area contributed by atoms with Crippen LogP contribution >= 0.6 is 0 Å². The number of carbonyl (C=O) groups excluding carboxylic acids is 1. The van der Waals surface area contributed by atoms with Crippen LogP contribution in [0.25, 0.3) is 11.4 Å². The van der Waals surface area contributed by atoms with Gasteiger partial charge in [-0.15, -0.1) is 0 Å². The van der Waals surface area contributed by atoms with Gasteiger partial charge in [0.25, 0.3) is 0 Å². The van der Waals surface area contributed by atoms with Crippen LogP contribution in [-0.4, -0.2) is 48.8 Å². The lowest BCUT2D eigenvalue weighted by atomic mass is 10.0. The number of rotatable bonds is 8. The van der Waals surface area contributed by atoms with Gasteiger partial charge in [0.1, 0.15) is 17.2 Å². The van der Waals surface area contributed by atoms with Gasteiger partial charge >= 0.3 is 0 Å². The molecule has 1 atom stereocenters. The number of hydrogen-bond donors (Lipinski definition) is 0. The average Bonchev–Trinajstić information content (AvgIpc) is 3.52. The summed E-state index contributed by atoms with van der Waals surface area (Å²) in [5.74, 6) is 3.26.